The Morgan fingerprint density at radius 2 is 2.00 bits per heavy atom. The SMILES string of the molecule is O=C1C=C(NC(=O)C(=O)C2=CCc3ccc([N+](=O)[O-])cc32)CC(=O)N1. The van der Waals surface area contributed by atoms with E-state index in [4.69, 9.17) is 0 Å². The number of imide groups is 1. The van der Waals surface area contributed by atoms with Gasteiger partial charge in [-0.1, -0.05) is 12.1 Å². The van der Waals surface area contributed by atoms with Gasteiger partial charge in [-0.2, -0.15) is 0 Å². The van der Waals surface area contributed by atoms with Gasteiger partial charge < -0.3 is 5.32 Å². The molecule has 1 heterocycles. The van der Waals surface area contributed by atoms with Crippen molar-refractivity contribution in [3.8, 4) is 0 Å². The lowest BCUT2D eigenvalue weighted by Crippen LogP contribution is -2.39. The third kappa shape index (κ3) is 3.20. The fourth-order valence-corrected chi connectivity index (χ4v) is 2.65. The number of nitrogens with one attached hydrogen (secondary N) is 2. The van der Waals surface area contributed by atoms with Crippen LogP contribution in [0.25, 0.3) is 5.57 Å². The maximum atomic E-state index is 12.4. The standard InChI is InChI=1S/C16H11N3O6/c20-13-5-9(6-14(21)18-13)17-16(23)15(22)11-4-2-8-1-3-10(19(24)25)7-12(8)11/h1,3-5,7H,2,6H2,(H,17,23)(H,18,20,21). The van der Waals surface area contributed by atoms with Crippen molar-refractivity contribution in [1.29, 1.82) is 0 Å². The van der Waals surface area contributed by atoms with E-state index in [1.807, 2.05) is 5.32 Å². The molecule has 0 atom stereocenters. The average molecular weight is 341 g/mol. The van der Waals surface area contributed by atoms with E-state index in [1.54, 1.807) is 0 Å². The Morgan fingerprint density at radius 3 is 2.68 bits per heavy atom. The highest BCUT2D eigenvalue weighted by atomic mass is 16.6. The molecule has 1 aliphatic carbocycles. The fraction of sp³-hybridized carbons (Fsp3) is 0.125. The van der Waals surface area contributed by atoms with Crippen molar-refractivity contribution in [3.05, 3.63) is 57.3 Å². The highest BCUT2D eigenvalue weighted by Crippen LogP contribution is 2.31. The molecule has 0 radical (unpaired) electrons. The molecular weight excluding hydrogens is 330 g/mol. The second-order valence-corrected chi connectivity index (χ2v) is 5.46. The number of rotatable bonds is 4. The first-order chi connectivity index (χ1) is 11.8. The molecule has 2 N–H and O–H groups in total. The zero-order chi connectivity index (χ0) is 18.1. The van der Waals surface area contributed by atoms with E-state index in [2.05, 4.69) is 5.32 Å². The van der Waals surface area contributed by atoms with Crippen LogP contribution in [-0.4, -0.2) is 28.4 Å². The minimum Gasteiger partial charge on any atom is -0.322 e. The highest BCUT2D eigenvalue weighted by molar-refractivity contribution is 6.54. The molecule has 0 unspecified atom stereocenters. The summed E-state index contributed by atoms with van der Waals surface area (Å²) >= 11 is 0. The number of allylic oxidation sites excluding steroid dienone is 1. The van der Waals surface area contributed by atoms with Crippen LogP contribution in [0.15, 0.2) is 36.0 Å². The topological polar surface area (TPSA) is 135 Å². The zero-order valence-electron chi connectivity index (χ0n) is 12.7. The summed E-state index contributed by atoms with van der Waals surface area (Å²) in [6, 6.07) is 4.11. The molecule has 0 saturated heterocycles. The first-order valence-corrected chi connectivity index (χ1v) is 7.23. The summed E-state index contributed by atoms with van der Waals surface area (Å²) in [5.74, 6) is -3.17. The van der Waals surface area contributed by atoms with Crippen molar-refractivity contribution >= 4 is 34.8 Å². The number of ketones is 1. The van der Waals surface area contributed by atoms with Gasteiger partial charge in [0.15, 0.2) is 0 Å². The van der Waals surface area contributed by atoms with Gasteiger partial charge in [0, 0.05) is 29.5 Å². The highest BCUT2D eigenvalue weighted by Gasteiger charge is 2.28. The maximum absolute atomic E-state index is 12.4. The number of hydrogen-bond donors (Lipinski definition) is 2. The van der Waals surface area contributed by atoms with Gasteiger partial charge in [-0.05, 0) is 17.5 Å². The molecule has 9 nitrogen and oxygen atoms in total. The van der Waals surface area contributed by atoms with Crippen molar-refractivity contribution < 1.29 is 24.1 Å². The third-order valence-electron chi connectivity index (χ3n) is 3.76. The monoisotopic (exact) mass is 341 g/mol. The number of nitro groups is 1. The van der Waals surface area contributed by atoms with E-state index < -0.39 is 28.4 Å². The van der Waals surface area contributed by atoms with Gasteiger partial charge in [-0.3, -0.25) is 34.6 Å². The molecule has 1 aromatic carbocycles. The van der Waals surface area contributed by atoms with Crippen molar-refractivity contribution in [2.75, 3.05) is 0 Å². The fourth-order valence-electron chi connectivity index (χ4n) is 2.65. The van der Waals surface area contributed by atoms with Crippen molar-refractivity contribution in [2.45, 2.75) is 12.8 Å². The van der Waals surface area contributed by atoms with Gasteiger partial charge in [0.1, 0.15) is 0 Å². The summed E-state index contributed by atoms with van der Waals surface area (Å²) in [4.78, 5) is 57.3. The third-order valence-corrected chi connectivity index (χ3v) is 3.76. The normalized spacial score (nSPS) is 15.7. The molecule has 0 saturated carbocycles. The quantitative estimate of drug-likeness (QED) is 0.346. The van der Waals surface area contributed by atoms with Gasteiger partial charge in [0.2, 0.25) is 5.91 Å². The van der Waals surface area contributed by atoms with Crippen LogP contribution in [0.4, 0.5) is 5.69 Å². The van der Waals surface area contributed by atoms with Gasteiger partial charge >= 0.3 is 0 Å². The number of Topliss-reactive ketones (excluding diaryl/α,β-unsaturated/α-hetero) is 1. The number of non-ortho nitro benzene ring substituents is 1. The van der Waals surface area contributed by atoms with Gasteiger partial charge in [0.25, 0.3) is 23.3 Å². The molecule has 126 valence electrons. The second-order valence-electron chi connectivity index (χ2n) is 5.46. The molecule has 0 fully saturated rings. The van der Waals surface area contributed by atoms with Gasteiger partial charge in [-0.15, -0.1) is 0 Å². The second kappa shape index (κ2) is 6.11. The number of benzene rings is 1. The predicted octanol–water partition coefficient (Wildman–Crippen LogP) is 0.150. The van der Waals surface area contributed by atoms with Crippen molar-refractivity contribution in [2.24, 2.45) is 0 Å². The van der Waals surface area contributed by atoms with Crippen LogP contribution in [-0.2, 0) is 25.6 Å². The van der Waals surface area contributed by atoms with Crippen LogP contribution in [0.2, 0.25) is 0 Å². The van der Waals surface area contributed by atoms with E-state index in [-0.39, 0.29) is 23.4 Å². The van der Waals surface area contributed by atoms with Crippen LogP contribution >= 0.6 is 0 Å². The molecule has 1 aromatic rings. The van der Waals surface area contributed by atoms with E-state index in [9.17, 15) is 29.3 Å². The Labute approximate surface area is 140 Å². The maximum Gasteiger partial charge on any atom is 0.296 e. The Hall–Kier alpha value is -3.62. The minimum absolute atomic E-state index is 0.0185. The molecule has 0 aromatic heterocycles. The Kier molecular flexibility index (Phi) is 3.97. The van der Waals surface area contributed by atoms with Crippen LogP contribution < -0.4 is 10.6 Å². The van der Waals surface area contributed by atoms with Crippen LogP contribution in [0, 0.1) is 10.1 Å². The Bertz CT molecular complexity index is 912. The number of nitrogens with zero attached hydrogens (tertiary/aromatic N) is 1. The van der Waals surface area contributed by atoms with Crippen molar-refractivity contribution in [1.82, 2.24) is 10.6 Å². The Morgan fingerprint density at radius 1 is 1.24 bits per heavy atom. The summed E-state index contributed by atoms with van der Waals surface area (Å²) < 4.78 is 0. The lowest BCUT2D eigenvalue weighted by atomic mass is 10.0. The molecule has 3 rings (SSSR count). The predicted molar refractivity (Wildman–Crippen MR) is 83.8 cm³/mol. The van der Waals surface area contributed by atoms with Gasteiger partial charge in [0.05, 0.1) is 11.3 Å². The lowest BCUT2D eigenvalue weighted by molar-refractivity contribution is -0.384. The molecule has 0 bridgehead atoms. The molecule has 1 aliphatic heterocycles. The summed E-state index contributed by atoms with van der Waals surface area (Å²) in [6.07, 6.45) is 2.69. The number of hydrogen-bond acceptors (Lipinski definition) is 6. The largest absolute Gasteiger partial charge is 0.322 e. The molecule has 3 amide bonds. The van der Waals surface area contributed by atoms with E-state index in [0.717, 1.165) is 6.08 Å². The van der Waals surface area contributed by atoms with Crippen LogP contribution in [0.5, 0.6) is 0 Å². The molecular formula is C16H11N3O6. The minimum atomic E-state index is -1.01. The van der Waals surface area contributed by atoms with Crippen molar-refractivity contribution in [3.63, 3.8) is 0 Å². The molecule has 0 spiro atoms. The average Bonchev–Trinajstić information content (AvgIpc) is 2.95. The zero-order valence-corrected chi connectivity index (χ0v) is 12.7. The number of carbonyl (C=O) groups excluding carboxylic acids is 4. The summed E-state index contributed by atoms with van der Waals surface area (Å²) in [5.41, 5.74) is 0.930. The number of amides is 3. The smallest absolute Gasteiger partial charge is 0.296 e. The summed E-state index contributed by atoms with van der Waals surface area (Å²) in [7, 11) is 0. The number of nitro benzene ring substituents is 1. The first kappa shape index (κ1) is 16.2. The number of carbonyl (C=O) groups is 4. The van der Waals surface area contributed by atoms with Gasteiger partial charge in [-0.25, -0.2) is 0 Å². The number of fused-ring (bicyclic) bond motifs is 1. The van der Waals surface area contributed by atoms with E-state index in [1.165, 1.54) is 24.3 Å². The van der Waals surface area contributed by atoms with E-state index in [0.29, 0.717) is 17.5 Å². The molecule has 9 heteroatoms. The summed E-state index contributed by atoms with van der Waals surface area (Å²) in [6.45, 7) is 0. The first-order valence-electron chi connectivity index (χ1n) is 7.23. The Balaban J connectivity index is 1.80. The lowest BCUT2D eigenvalue weighted by Gasteiger charge is -2.13. The molecule has 25 heavy (non-hydrogen) atoms. The molecule has 2 aliphatic rings. The van der Waals surface area contributed by atoms with Crippen LogP contribution in [0.1, 0.15) is 17.5 Å². The van der Waals surface area contributed by atoms with E-state index >= 15 is 0 Å². The van der Waals surface area contributed by atoms with Crippen LogP contribution in [0.3, 0.4) is 0 Å². The summed E-state index contributed by atoms with van der Waals surface area (Å²) in [5, 5.41) is 15.2.